The lowest BCUT2D eigenvalue weighted by atomic mass is 10.1. The van der Waals surface area contributed by atoms with Crippen molar-refractivity contribution in [3.05, 3.63) is 78.1 Å². The van der Waals surface area contributed by atoms with Crippen LogP contribution in [0, 0.1) is 0 Å². The van der Waals surface area contributed by atoms with Crippen molar-refractivity contribution in [1.29, 1.82) is 0 Å². The van der Waals surface area contributed by atoms with Crippen molar-refractivity contribution in [3.63, 3.8) is 0 Å². The van der Waals surface area contributed by atoms with E-state index in [1.165, 1.54) is 30.3 Å². The summed E-state index contributed by atoms with van der Waals surface area (Å²) < 4.78 is 28.0. The average molecular weight is 466 g/mol. The number of fused-ring (bicyclic) bond motifs is 1. The molecule has 0 unspecified atom stereocenters. The van der Waals surface area contributed by atoms with Gasteiger partial charge in [-0.05, 0) is 54.1 Å². The predicted octanol–water partition coefficient (Wildman–Crippen LogP) is 1.79. The van der Waals surface area contributed by atoms with Crippen LogP contribution in [-0.4, -0.2) is 31.1 Å². The Kier molecular flexibility index (Phi) is 6.02. The molecule has 2 aromatic carbocycles. The third-order valence-corrected chi connectivity index (χ3v) is 5.49. The topological polar surface area (TPSA) is 165 Å². The van der Waals surface area contributed by atoms with E-state index in [9.17, 15) is 18.0 Å². The van der Waals surface area contributed by atoms with E-state index in [0.717, 1.165) is 5.56 Å². The highest BCUT2D eigenvalue weighted by molar-refractivity contribution is 7.89. The first-order valence-corrected chi connectivity index (χ1v) is 11.1. The number of nitrogens with two attached hydrogens (primary N) is 1. The van der Waals surface area contributed by atoms with Crippen LogP contribution in [0.15, 0.2) is 77.0 Å². The Morgan fingerprint density at radius 2 is 1.94 bits per heavy atom. The molecule has 33 heavy (non-hydrogen) atoms. The number of rotatable bonds is 6. The summed E-state index contributed by atoms with van der Waals surface area (Å²) in [7, 11) is -3.81. The lowest BCUT2D eigenvalue weighted by molar-refractivity contribution is -0.110. The van der Waals surface area contributed by atoms with E-state index in [0.29, 0.717) is 16.9 Å². The van der Waals surface area contributed by atoms with Crippen LogP contribution in [-0.2, 0) is 21.4 Å². The van der Waals surface area contributed by atoms with Gasteiger partial charge in [0.1, 0.15) is 5.75 Å². The lowest BCUT2D eigenvalue weighted by Gasteiger charge is -2.08. The van der Waals surface area contributed by atoms with Crippen molar-refractivity contribution in [1.82, 2.24) is 10.3 Å². The van der Waals surface area contributed by atoms with E-state index < -0.39 is 22.0 Å². The molecule has 2 amide bonds. The molecule has 2 heterocycles. The number of carbonyl (C=O) groups excluding carboxylic acids is 2. The number of nitrogens with zero attached hydrogens (tertiary/aromatic N) is 2. The fraction of sp³-hybridized carbons (Fsp3) is 0.0476. The number of hydrazone groups is 1. The second-order valence-electron chi connectivity index (χ2n) is 6.91. The summed E-state index contributed by atoms with van der Waals surface area (Å²) in [5.74, 6) is -0.226. The molecular formula is C21H18N6O5S. The number of ether oxygens (including phenoxy) is 1. The Morgan fingerprint density at radius 1 is 1.15 bits per heavy atom. The van der Waals surface area contributed by atoms with Gasteiger partial charge in [0, 0.05) is 24.5 Å². The molecule has 0 saturated carbocycles. The largest absolute Gasteiger partial charge is 0.412 e. The van der Waals surface area contributed by atoms with E-state index in [1.807, 2.05) is 6.07 Å². The van der Waals surface area contributed by atoms with Gasteiger partial charge in [0.05, 0.1) is 16.3 Å². The number of anilines is 2. The minimum Gasteiger partial charge on any atom is -0.410 e. The number of aromatic nitrogens is 1. The number of nitrogens with one attached hydrogen (secondary N) is 3. The third kappa shape index (κ3) is 5.31. The number of sulfonamides is 1. The second kappa shape index (κ2) is 9.06. The van der Waals surface area contributed by atoms with Crippen LogP contribution < -0.4 is 25.9 Å². The van der Waals surface area contributed by atoms with Crippen LogP contribution in [0.4, 0.5) is 16.2 Å². The summed E-state index contributed by atoms with van der Waals surface area (Å²) in [6.45, 7) is 0.249. The van der Waals surface area contributed by atoms with E-state index in [4.69, 9.17) is 9.88 Å². The van der Waals surface area contributed by atoms with Crippen LogP contribution >= 0.6 is 0 Å². The Bertz CT molecular complexity index is 1340. The van der Waals surface area contributed by atoms with Gasteiger partial charge in [0.2, 0.25) is 10.0 Å². The molecule has 168 valence electrons. The van der Waals surface area contributed by atoms with Crippen molar-refractivity contribution in [2.75, 3.05) is 10.7 Å². The van der Waals surface area contributed by atoms with E-state index in [1.54, 1.807) is 30.6 Å². The summed E-state index contributed by atoms with van der Waals surface area (Å²) in [5, 5.41) is 14.5. The Morgan fingerprint density at radius 3 is 2.64 bits per heavy atom. The maximum absolute atomic E-state index is 12.3. The molecule has 0 atom stereocenters. The van der Waals surface area contributed by atoms with Crippen LogP contribution in [0.5, 0.6) is 5.75 Å². The first kappa shape index (κ1) is 21.9. The first-order valence-electron chi connectivity index (χ1n) is 9.56. The molecule has 11 nitrogen and oxygen atoms in total. The number of primary sulfonamides is 1. The first-order chi connectivity index (χ1) is 15.8. The molecule has 0 fully saturated rings. The molecule has 1 aliphatic rings. The zero-order chi connectivity index (χ0) is 23.4. The molecule has 4 rings (SSSR count). The third-order valence-electron chi connectivity index (χ3n) is 4.56. The molecule has 0 aliphatic carbocycles. The quantitative estimate of drug-likeness (QED) is 0.402. The molecular weight excluding hydrogens is 448 g/mol. The standard InChI is InChI=1S/C21H18N6O5S/c22-33(30,31)16-6-3-14(4-7-16)26-27-19-17-10-15(5-8-18(17)25-20(19)28)32-21(29)24-12-13-2-1-9-23-11-13/h1-11,26H,12H2,(H,24,29)(H2,22,30,31)(H,25,27,28). The number of hydrogen-bond donors (Lipinski definition) is 4. The molecule has 0 bridgehead atoms. The molecule has 1 aliphatic heterocycles. The van der Waals surface area contributed by atoms with E-state index in [2.05, 4.69) is 26.1 Å². The van der Waals surface area contributed by atoms with Crippen molar-refractivity contribution >= 4 is 39.1 Å². The maximum Gasteiger partial charge on any atom is 0.412 e. The number of amides is 2. The Labute approximate surface area is 188 Å². The van der Waals surface area contributed by atoms with Crippen LogP contribution in [0.1, 0.15) is 11.1 Å². The minimum atomic E-state index is -3.81. The molecule has 0 saturated heterocycles. The summed E-state index contributed by atoms with van der Waals surface area (Å²) in [4.78, 5) is 28.4. The van der Waals surface area contributed by atoms with Crippen LogP contribution in [0.3, 0.4) is 0 Å². The number of benzene rings is 2. The highest BCUT2D eigenvalue weighted by atomic mass is 32.2. The number of carbonyl (C=O) groups is 2. The molecule has 12 heteroatoms. The highest BCUT2D eigenvalue weighted by Gasteiger charge is 2.27. The molecule has 0 radical (unpaired) electrons. The zero-order valence-electron chi connectivity index (χ0n) is 17.0. The molecule has 0 spiro atoms. The van der Waals surface area contributed by atoms with Gasteiger partial charge in [0.25, 0.3) is 5.91 Å². The van der Waals surface area contributed by atoms with Crippen molar-refractivity contribution in [2.24, 2.45) is 10.2 Å². The van der Waals surface area contributed by atoms with Gasteiger partial charge in [-0.1, -0.05) is 6.07 Å². The van der Waals surface area contributed by atoms with Gasteiger partial charge in [-0.2, -0.15) is 5.10 Å². The Hall–Kier alpha value is -4.29. The van der Waals surface area contributed by atoms with Gasteiger partial charge in [-0.3, -0.25) is 15.2 Å². The fourth-order valence-corrected chi connectivity index (χ4v) is 3.48. The van der Waals surface area contributed by atoms with Crippen molar-refractivity contribution in [3.8, 4) is 5.75 Å². The summed E-state index contributed by atoms with van der Waals surface area (Å²) in [6.07, 6.45) is 2.60. The van der Waals surface area contributed by atoms with Crippen molar-refractivity contribution in [2.45, 2.75) is 11.4 Å². The van der Waals surface area contributed by atoms with Gasteiger partial charge in [-0.15, -0.1) is 0 Å². The number of pyridine rings is 1. The molecule has 5 N–H and O–H groups in total. The lowest BCUT2D eigenvalue weighted by Crippen LogP contribution is -2.26. The van der Waals surface area contributed by atoms with Gasteiger partial charge in [-0.25, -0.2) is 18.4 Å². The summed E-state index contributed by atoms with van der Waals surface area (Å²) in [5.41, 5.74) is 4.97. The fourth-order valence-electron chi connectivity index (χ4n) is 2.97. The van der Waals surface area contributed by atoms with Gasteiger partial charge in [0.15, 0.2) is 5.71 Å². The highest BCUT2D eigenvalue weighted by Crippen LogP contribution is 2.28. The van der Waals surface area contributed by atoms with Crippen LogP contribution in [0.2, 0.25) is 0 Å². The average Bonchev–Trinajstić information content (AvgIpc) is 3.11. The zero-order valence-corrected chi connectivity index (χ0v) is 17.8. The minimum absolute atomic E-state index is 0.0479. The normalized spacial score (nSPS) is 13.8. The smallest absolute Gasteiger partial charge is 0.410 e. The Balaban J connectivity index is 1.45. The SMILES string of the molecule is NS(=O)(=O)c1ccc(NN=C2C(=O)Nc3ccc(OC(=O)NCc4cccnc4)cc32)cc1. The van der Waals surface area contributed by atoms with Crippen molar-refractivity contribution < 1.29 is 22.7 Å². The second-order valence-corrected chi connectivity index (χ2v) is 8.47. The predicted molar refractivity (Wildman–Crippen MR) is 120 cm³/mol. The monoisotopic (exact) mass is 466 g/mol. The molecule has 1 aromatic heterocycles. The van der Waals surface area contributed by atoms with Gasteiger partial charge >= 0.3 is 6.09 Å². The number of hydrogen-bond acceptors (Lipinski definition) is 8. The van der Waals surface area contributed by atoms with Crippen LogP contribution in [0.25, 0.3) is 0 Å². The summed E-state index contributed by atoms with van der Waals surface area (Å²) >= 11 is 0. The van der Waals surface area contributed by atoms with Gasteiger partial charge < -0.3 is 15.4 Å². The van der Waals surface area contributed by atoms with E-state index in [-0.39, 0.29) is 22.9 Å². The molecule has 3 aromatic rings. The maximum atomic E-state index is 12.3. The summed E-state index contributed by atoms with van der Waals surface area (Å²) in [6, 6.07) is 13.8. The van der Waals surface area contributed by atoms with E-state index >= 15 is 0 Å².